The van der Waals surface area contributed by atoms with Crippen molar-refractivity contribution in [1.29, 1.82) is 0 Å². The lowest BCUT2D eigenvalue weighted by Gasteiger charge is -2.21. The average molecular weight is 307 g/mol. The molecule has 0 saturated heterocycles. The molecular formula is C17H16F3NO. The van der Waals surface area contributed by atoms with Crippen molar-refractivity contribution >= 4 is 0 Å². The molecule has 22 heavy (non-hydrogen) atoms. The van der Waals surface area contributed by atoms with E-state index < -0.39 is 11.7 Å². The predicted molar refractivity (Wildman–Crippen MR) is 78.8 cm³/mol. The highest BCUT2D eigenvalue weighted by Crippen LogP contribution is 2.34. The molecule has 0 atom stereocenters. The highest BCUT2D eigenvalue weighted by molar-refractivity contribution is 5.68. The van der Waals surface area contributed by atoms with Gasteiger partial charge in [0.15, 0.2) is 0 Å². The zero-order valence-electron chi connectivity index (χ0n) is 12.1. The molecule has 0 aromatic heterocycles. The van der Waals surface area contributed by atoms with Crippen molar-refractivity contribution in [3.63, 3.8) is 0 Å². The molecule has 0 saturated carbocycles. The average Bonchev–Trinajstić information content (AvgIpc) is 2.53. The summed E-state index contributed by atoms with van der Waals surface area (Å²) in [5, 5.41) is 3.30. The van der Waals surface area contributed by atoms with Gasteiger partial charge in [-0.2, -0.15) is 13.2 Å². The molecule has 3 rings (SSSR count). The third kappa shape index (κ3) is 2.81. The second-order valence-electron chi connectivity index (χ2n) is 5.32. The van der Waals surface area contributed by atoms with Crippen LogP contribution >= 0.6 is 0 Å². The third-order valence-corrected chi connectivity index (χ3v) is 3.93. The van der Waals surface area contributed by atoms with Crippen molar-refractivity contribution in [2.24, 2.45) is 0 Å². The van der Waals surface area contributed by atoms with Gasteiger partial charge in [0.25, 0.3) is 0 Å². The van der Waals surface area contributed by atoms with Crippen LogP contribution in [0.1, 0.15) is 16.7 Å². The molecule has 2 nitrogen and oxygen atoms in total. The second kappa shape index (κ2) is 5.65. The van der Waals surface area contributed by atoms with E-state index >= 15 is 0 Å². The summed E-state index contributed by atoms with van der Waals surface area (Å²) in [6.45, 7) is 1.66. The number of fused-ring (bicyclic) bond motifs is 1. The summed E-state index contributed by atoms with van der Waals surface area (Å²) in [4.78, 5) is 0. The zero-order valence-corrected chi connectivity index (χ0v) is 12.1. The Morgan fingerprint density at radius 3 is 2.41 bits per heavy atom. The monoisotopic (exact) mass is 307 g/mol. The molecule has 0 spiro atoms. The molecule has 0 bridgehead atoms. The summed E-state index contributed by atoms with van der Waals surface area (Å²) < 4.78 is 43.4. The molecule has 1 N–H and O–H groups in total. The Morgan fingerprint density at radius 1 is 1.05 bits per heavy atom. The molecule has 1 heterocycles. The minimum atomic E-state index is -4.31. The van der Waals surface area contributed by atoms with Gasteiger partial charge in [0.05, 0.1) is 12.7 Å². The lowest BCUT2D eigenvalue weighted by atomic mass is 9.94. The van der Waals surface area contributed by atoms with Crippen LogP contribution in [0.2, 0.25) is 0 Å². The molecule has 1 aliphatic heterocycles. The molecule has 116 valence electrons. The summed E-state index contributed by atoms with van der Waals surface area (Å²) in [7, 11) is 1.62. The first-order valence-electron chi connectivity index (χ1n) is 7.07. The summed E-state index contributed by atoms with van der Waals surface area (Å²) in [5.74, 6) is 0.800. The SMILES string of the molecule is COc1cc(-c2ccc(C(F)(F)F)cc2)cc2c1CCNC2. The molecule has 0 fully saturated rings. The molecule has 2 aromatic rings. The van der Waals surface area contributed by atoms with Gasteiger partial charge < -0.3 is 10.1 Å². The zero-order chi connectivity index (χ0) is 15.7. The number of rotatable bonds is 2. The van der Waals surface area contributed by atoms with Gasteiger partial charge in [-0.05, 0) is 59.5 Å². The highest BCUT2D eigenvalue weighted by Gasteiger charge is 2.30. The number of hydrogen-bond acceptors (Lipinski definition) is 2. The smallest absolute Gasteiger partial charge is 0.416 e. The molecule has 2 aromatic carbocycles. The Kier molecular flexibility index (Phi) is 3.83. The van der Waals surface area contributed by atoms with Crippen LogP contribution in [0.25, 0.3) is 11.1 Å². The number of methoxy groups -OCH3 is 1. The van der Waals surface area contributed by atoms with E-state index in [2.05, 4.69) is 5.32 Å². The molecule has 0 aliphatic carbocycles. The first-order valence-corrected chi connectivity index (χ1v) is 7.07. The minimum Gasteiger partial charge on any atom is -0.496 e. The van der Waals surface area contributed by atoms with Gasteiger partial charge in [-0.1, -0.05) is 12.1 Å². The molecule has 0 radical (unpaired) electrons. The molecule has 1 aliphatic rings. The maximum absolute atomic E-state index is 12.6. The van der Waals surface area contributed by atoms with Crippen LogP contribution in [0, 0.1) is 0 Å². The van der Waals surface area contributed by atoms with Crippen molar-refractivity contribution in [3.05, 3.63) is 53.1 Å². The van der Waals surface area contributed by atoms with E-state index in [9.17, 15) is 13.2 Å². The first-order chi connectivity index (χ1) is 10.5. The number of alkyl halides is 3. The van der Waals surface area contributed by atoms with E-state index in [1.54, 1.807) is 7.11 Å². The van der Waals surface area contributed by atoms with Crippen molar-refractivity contribution in [1.82, 2.24) is 5.32 Å². The van der Waals surface area contributed by atoms with Gasteiger partial charge >= 0.3 is 6.18 Å². The molecule has 5 heteroatoms. The van der Waals surface area contributed by atoms with Gasteiger partial charge in [0, 0.05) is 6.54 Å². The topological polar surface area (TPSA) is 21.3 Å². The maximum atomic E-state index is 12.6. The van der Waals surface area contributed by atoms with Crippen molar-refractivity contribution in [2.45, 2.75) is 19.1 Å². The fourth-order valence-corrected chi connectivity index (χ4v) is 2.78. The van der Waals surface area contributed by atoms with Crippen molar-refractivity contribution < 1.29 is 17.9 Å². The quantitative estimate of drug-likeness (QED) is 0.904. The summed E-state index contributed by atoms with van der Waals surface area (Å²) in [6.07, 6.45) is -3.41. The number of benzene rings is 2. The fraction of sp³-hybridized carbons (Fsp3) is 0.294. The minimum absolute atomic E-state index is 0.636. The maximum Gasteiger partial charge on any atom is 0.416 e. The van der Waals surface area contributed by atoms with Crippen molar-refractivity contribution in [2.75, 3.05) is 13.7 Å². The van der Waals surface area contributed by atoms with Gasteiger partial charge in [-0.3, -0.25) is 0 Å². The largest absolute Gasteiger partial charge is 0.496 e. The summed E-state index contributed by atoms with van der Waals surface area (Å²) in [6, 6.07) is 9.14. The van der Waals surface area contributed by atoms with E-state index in [4.69, 9.17) is 4.74 Å². The van der Waals surface area contributed by atoms with Crippen molar-refractivity contribution in [3.8, 4) is 16.9 Å². The van der Waals surface area contributed by atoms with Crippen LogP contribution in [0.3, 0.4) is 0 Å². The van der Waals surface area contributed by atoms with Crippen LogP contribution in [0.5, 0.6) is 5.75 Å². The summed E-state index contributed by atoms with van der Waals surface area (Å²) in [5.41, 5.74) is 3.30. The number of nitrogens with one attached hydrogen (secondary N) is 1. The van der Waals surface area contributed by atoms with Crippen LogP contribution in [0.15, 0.2) is 36.4 Å². The number of ether oxygens (including phenoxy) is 1. The van der Waals surface area contributed by atoms with Crippen LogP contribution < -0.4 is 10.1 Å². The number of halogens is 3. The van der Waals surface area contributed by atoms with Gasteiger partial charge in [-0.15, -0.1) is 0 Å². The van der Waals surface area contributed by atoms with Gasteiger partial charge in [0.1, 0.15) is 5.75 Å². The van der Waals surface area contributed by atoms with E-state index in [-0.39, 0.29) is 0 Å². The lowest BCUT2D eigenvalue weighted by Crippen LogP contribution is -2.24. The standard InChI is InChI=1S/C17H16F3NO/c1-22-16-9-12(8-13-10-21-7-6-15(13)16)11-2-4-14(5-3-11)17(18,19)20/h2-5,8-9,21H,6-7,10H2,1H3. The van der Waals surface area contributed by atoms with Crippen LogP contribution in [0.4, 0.5) is 13.2 Å². The second-order valence-corrected chi connectivity index (χ2v) is 5.32. The van der Waals surface area contributed by atoms with Gasteiger partial charge in [0.2, 0.25) is 0 Å². The van der Waals surface area contributed by atoms with E-state index in [0.29, 0.717) is 0 Å². The van der Waals surface area contributed by atoms with Crippen LogP contribution in [-0.4, -0.2) is 13.7 Å². The van der Waals surface area contributed by atoms with E-state index in [1.165, 1.54) is 17.7 Å². The summed E-state index contributed by atoms with van der Waals surface area (Å²) >= 11 is 0. The Bertz CT molecular complexity index is 660. The lowest BCUT2D eigenvalue weighted by molar-refractivity contribution is -0.137. The van der Waals surface area contributed by atoms with Crippen LogP contribution in [-0.2, 0) is 19.1 Å². The normalized spacial score (nSPS) is 14.5. The number of hydrogen-bond donors (Lipinski definition) is 1. The first kappa shape index (κ1) is 14.9. The Labute approximate surface area is 126 Å². The van der Waals surface area contributed by atoms with E-state index in [0.717, 1.165) is 54.1 Å². The molecular weight excluding hydrogens is 291 g/mol. The molecule has 0 unspecified atom stereocenters. The third-order valence-electron chi connectivity index (χ3n) is 3.93. The fourth-order valence-electron chi connectivity index (χ4n) is 2.78. The van der Waals surface area contributed by atoms with E-state index in [1.807, 2.05) is 12.1 Å². The van der Waals surface area contributed by atoms with Gasteiger partial charge in [-0.25, -0.2) is 0 Å². The Hall–Kier alpha value is -2.01. The Balaban J connectivity index is 2.01. The predicted octanol–water partition coefficient (Wildman–Crippen LogP) is 4.03. The Morgan fingerprint density at radius 2 is 1.77 bits per heavy atom. The highest BCUT2D eigenvalue weighted by atomic mass is 19.4. The molecule has 0 amide bonds.